The normalized spacial score (nSPS) is 34.2. The van der Waals surface area contributed by atoms with Crippen LogP contribution in [-0.2, 0) is 4.74 Å². The van der Waals surface area contributed by atoms with Crippen LogP contribution in [0.5, 0.6) is 0 Å². The molecule has 10 heavy (non-hydrogen) atoms. The Hall–Kier alpha value is 0.440. The monoisotopic (exact) mass is 206 g/mol. The minimum absolute atomic E-state index is 0.531. The van der Waals surface area contributed by atoms with Crippen LogP contribution in [0, 0.1) is 0 Å². The Bertz CT molecular complexity index is 93.3. The van der Waals surface area contributed by atoms with Crippen molar-refractivity contribution in [3.8, 4) is 0 Å². The van der Waals surface area contributed by atoms with Crippen LogP contribution in [0.3, 0.4) is 0 Å². The Labute approximate surface area is 71.3 Å². The van der Waals surface area contributed by atoms with Crippen LogP contribution < -0.4 is 0 Å². The maximum atomic E-state index is 5.56. The lowest BCUT2D eigenvalue weighted by Crippen LogP contribution is -2.25. The van der Waals surface area contributed by atoms with Crippen molar-refractivity contribution in [2.75, 3.05) is 6.61 Å². The first-order valence-electron chi connectivity index (χ1n) is 4.08. The molecule has 0 spiro atoms. The zero-order chi connectivity index (χ0) is 7.40. The fourth-order valence-electron chi connectivity index (χ4n) is 1.36. The predicted molar refractivity (Wildman–Crippen MR) is 46.6 cm³/mol. The van der Waals surface area contributed by atoms with Gasteiger partial charge >= 0.3 is 0 Å². The summed E-state index contributed by atoms with van der Waals surface area (Å²) < 4.78 is 5.56. The van der Waals surface area contributed by atoms with Crippen molar-refractivity contribution in [2.24, 2.45) is 0 Å². The van der Waals surface area contributed by atoms with E-state index in [1.807, 2.05) is 0 Å². The lowest BCUT2D eigenvalue weighted by Gasteiger charge is -2.25. The Kier molecular flexibility index (Phi) is 3.71. The molecule has 0 N–H and O–H groups in total. The summed E-state index contributed by atoms with van der Waals surface area (Å²) in [5.74, 6) is 0. The van der Waals surface area contributed by atoms with Crippen LogP contribution in [0.2, 0.25) is 0 Å². The fraction of sp³-hybridized carbons (Fsp3) is 1.00. The van der Waals surface area contributed by atoms with Gasteiger partial charge in [-0.15, -0.1) is 0 Å². The first-order valence-corrected chi connectivity index (χ1v) is 5.00. The van der Waals surface area contributed by atoms with Crippen molar-refractivity contribution in [1.29, 1.82) is 0 Å². The van der Waals surface area contributed by atoms with Crippen LogP contribution in [0.25, 0.3) is 0 Å². The van der Waals surface area contributed by atoms with Gasteiger partial charge in [0.1, 0.15) is 0 Å². The largest absolute Gasteiger partial charge is 0.378 e. The second-order valence-corrected chi connectivity index (χ2v) is 4.20. The van der Waals surface area contributed by atoms with Gasteiger partial charge in [-0.1, -0.05) is 29.3 Å². The molecule has 1 saturated heterocycles. The molecule has 1 heterocycles. The molecule has 0 radical (unpaired) electrons. The van der Waals surface area contributed by atoms with Gasteiger partial charge in [-0.2, -0.15) is 0 Å². The molecule has 0 aromatic heterocycles. The van der Waals surface area contributed by atoms with E-state index in [0.29, 0.717) is 10.9 Å². The summed E-state index contributed by atoms with van der Waals surface area (Å²) in [6, 6.07) is 0. The summed E-state index contributed by atoms with van der Waals surface area (Å²) in [6.07, 6.45) is 5.38. The highest BCUT2D eigenvalue weighted by molar-refractivity contribution is 9.09. The Morgan fingerprint density at radius 2 is 2.40 bits per heavy atom. The van der Waals surface area contributed by atoms with Gasteiger partial charge in [0.2, 0.25) is 0 Å². The van der Waals surface area contributed by atoms with Crippen LogP contribution in [0.4, 0.5) is 0 Å². The number of halogens is 1. The van der Waals surface area contributed by atoms with E-state index >= 15 is 0 Å². The summed E-state index contributed by atoms with van der Waals surface area (Å²) in [4.78, 5) is 0.706. The smallest absolute Gasteiger partial charge is 0.0585 e. The number of rotatable bonds is 2. The lowest BCUT2D eigenvalue weighted by atomic mass is 10.1. The van der Waals surface area contributed by atoms with E-state index < -0.39 is 0 Å². The predicted octanol–water partition coefficient (Wildman–Crippen LogP) is 2.73. The van der Waals surface area contributed by atoms with E-state index in [-0.39, 0.29) is 0 Å². The second-order valence-electron chi connectivity index (χ2n) is 2.90. The van der Waals surface area contributed by atoms with E-state index in [4.69, 9.17) is 4.74 Å². The van der Waals surface area contributed by atoms with Crippen LogP contribution in [0.1, 0.15) is 32.6 Å². The third kappa shape index (κ3) is 2.59. The SMILES string of the molecule is CCC[C@H]1C[C@@H](Br)CCO1. The highest BCUT2D eigenvalue weighted by Crippen LogP contribution is 2.22. The molecule has 2 atom stereocenters. The molecule has 1 aliphatic heterocycles. The molecule has 1 fully saturated rings. The van der Waals surface area contributed by atoms with Crippen molar-refractivity contribution in [2.45, 2.75) is 43.5 Å². The quantitative estimate of drug-likeness (QED) is 0.632. The first-order chi connectivity index (χ1) is 4.83. The van der Waals surface area contributed by atoms with Gasteiger partial charge in [-0.05, 0) is 19.3 Å². The number of hydrogen-bond acceptors (Lipinski definition) is 1. The second kappa shape index (κ2) is 4.35. The maximum Gasteiger partial charge on any atom is 0.0585 e. The summed E-state index contributed by atoms with van der Waals surface area (Å²) >= 11 is 3.62. The molecule has 2 heteroatoms. The molecule has 0 aromatic rings. The minimum atomic E-state index is 0.531. The standard InChI is InChI=1S/C8H15BrO/c1-2-3-8-6-7(9)4-5-10-8/h7-8H,2-6H2,1H3/t7-,8-/m0/s1. The Morgan fingerprint density at radius 1 is 1.60 bits per heavy atom. The molecule has 1 rings (SSSR count). The van der Waals surface area contributed by atoms with E-state index in [9.17, 15) is 0 Å². The van der Waals surface area contributed by atoms with Gasteiger partial charge in [0, 0.05) is 11.4 Å². The lowest BCUT2D eigenvalue weighted by molar-refractivity contribution is 0.0145. The van der Waals surface area contributed by atoms with Gasteiger partial charge in [-0.25, -0.2) is 0 Å². The molecule has 1 aliphatic rings. The third-order valence-electron chi connectivity index (χ3n) is 1.91. The Morgan fingerprint density at radius 3 is 3.00 bits per heavy atom. The van der Waals surface area contributed by atoms with E-state index in [2.05, 4.69) is 22.9 Å². The molecule has 0 aromatic carbocycles. The van der Waals surface area contributed by atoms with Crippen LogP contribution in [0.15, 0.2) is 0 Å². The van der Waals surface area contributed by atoms with Crippen LogP contribution >= 0.6 is 15.9 Å². The molecule has 0 aliphatic carbocycles. The van der Waals surface area contributed by atoms with Gasteiger partial charge in [0.05, 0.1) is 6.10 Å². The summed E-state index contributed by atoms with van der Waals surface area (Å²) in [5, 5.41) is 0. The molecular formula is C8H15BrO. The summed E-state index contributed by atoms with van der Waals surface area (Å²) in [7, 11) is 0. The molecular weight excluding hydrogens is 192 g/mol. The zero-order valence-corrected chi connectivity index (χ0v) is 8.06. The molecule has 0 bridgehead atoms. The van der Waals surface area contributed by atoms with E-state index in [1.54, 1.807) is 0 Å². The summed E-state index contributed by atoms with van der Waals surface area (Å²) in [6.45, 7) is 3.15. The third-order valence-corrected chi connectivity index (χ3v) is 2.75. The molecule has 0 unspecified atom stereocenters. The Balaban J connectivity index is 2.18. The number of alkyl halides is 1. The average Bonchev–Trinajstić information content (AvgIpc) is 1.88. The van der Waals surface area contributed by atoms with Crippen LogP contribution in [-0.4, -0.2) is 17.5 Å². The van der Waals surface area contributed by atoms with Crippen molar-refractivity contribution in [3.63, 3.8) is 0 Å². The molecule has 0 amide bonds. The topological polar surface area (TPSA) is 9.23 Å². The van der Waals surface area contributed by atoms with Gasteiger partial charge in [0.15, 0.2) is 0 Å². The van der Waals surface area contributed by atoms with Crippen molar-refractivity contribution >= 4 is 15.9 Å². The van der Waals surface area contributed by atoms with Crippen molar-refractivity contribution in [3.05, 3.63) is 0 Å². The zero-order valence-electron chi connectivity index (χ0n) is 6.48. The highest BCUT2D eigenvalue weighted by Gasteiger charge is 2.18. The first kappa shape index (κ1) is 8.54. The van der Waals surface area contributed by atoms with Gasteiger partial charge in [-0.3, -0.25) is 0 Å². The van der Waals surface area contributed by atoms with Crippen molar-refractivity contribution < 1.29 is 4.74 Å². The molecule has 1 nitrogen and oxygen atoms in total. The number of hydrogen-bond donors (Lipinski definition) is 0. The fourth-order valence-corrected chi connectivity index (χ4v) is 1.96. The summed E-state index contributed by atoms with van der Waals surface area (Å²) in [5.41, 5.74) is 0. The number of ether oxygens (including phenoxy) is 1. The minimum Gasteiger partial charge on any atom is -0.378 e. The average molecular weight is 207 g/mol. The molecule has 0 saturated carbocycles. The molecule has 60 valence electrons. The van der Waals surface area contributed by atoms with Crippen molar-refractivity contribution in [1.82, 2.24) is 0 Å². The van der Waals surface area contributed by atoms with Gasteiger partial charge in [0.25, 0.3) is 0 Å². The van der Waals surface area contributed by atoms with E-state index in [1.165, 1.54) is 25.7 Å². The highest BCUT2D eigenvalue weighted by atomic mass is 79.9. The van der Waals surface area contributed by atoms with E-state index in [0.717, 1.165) is 6.61 Å². The van der Waals surface area contributed by atoms with Gasteiger partial charge < -0.3 is 4.74 Å². The maximum absolute atomic E-state index is 5.56.